The van der Waals surface area contributed by atoms with Gasteiger partial charge in [0.25, 0.3) is 0 Å². The van der Waals surface area contributed by atoms with Gasteiger partial charge in [0.1, 0.15) is 17.4 Å². The maximum Gasteiger partial charge on any atom is 0.131 e. The summed E-state index contributed by atoms with van der Waals surface area (Å²) in [7, 11) is 0. The summed E-state index contributed by atoms with van der Waals surface area (Å²) in [5, 5.41) is 0. The number of nitrogens with one attached hydrogen (secondary N) is 1. The maximum absolute atomic E-state index is 13.9. The first kappa shape index (κ1) is 15.4. The third-order valence-corrected chi connectivity index (χ3v) is 3.02. The van der Waals surface area contributed by atoms with Gasteiger partial charge in [0.2, 0.25) is 0 Å². The van der Waals surface area contributed by atoms with Gasteiger partial charge in [0, 0.05) is 5.56 Å². The molecule has 0 saturated heterocycles. The molecule has 0 aliphatic rings. The zero-order valence-corrected chi connectivity index (χ0v) is 11.9. The van der Waals surface area contributed by atoms with Crippen LogP contribution in [0.5, 0.6) is 5.75 Å². The summed E-state index contributed by atoms with van der Waals surface area (Å²) in [6, 6.07) is 9.95. The van der Waals surface area contributed by atoms with Crippen LogP contribution in [0.2, 0.25) is 0 Å². The Labute approximate surface area is 122 Å². The van der Waals surface area contributed by atoms with E-state index in [9.17, 15) is 8.78 Å². The Kier molecular flexibility index (Phi) is 4.88. The number of rotatable bonds is 5. The van der Waals surface area contributed by atoms with Crippen molar-refractivity contribution in [2.24, 2.45) is 5.84 Å². The van der Waals surface area contributed by atoms with Crippen molar-refractivity contribution in [3.8, 4) is 5.75 Å². The lowest BCUT2D eigenvalue weighted by Gasteiger charge is -2.19. The molecule has 0 fully saturated rings. The topological polar surface area (TPSA) is 47.3 Å². The Morgan fingerprint density at radius 2 is 1.67 bits per heavy atom. The molecule has 0 amide bonds. The Balaban J connectivity index is 2.42. The van der Waals surface area contributed by atoms with Gasteiger partial charge in [-0.15, -0.1) is 0 Å². The highest BCUT2D eigenvalue weighted by atomic mass is 19.1. The minimum Gasteiger partial charge on any atom is -0.491 e. The molecule has 1 atom stereocenters. The van der Waals surface area contributed by atoms with Crippen LogP contribution in [-0.4, -0.2) is 6.10 Å². The smallest absolute Gasteiger partial charge is 0.131 e. The second-order valence-electron chi connectivity index (χ2n) is 4.97. The van der Waals surface area contributed by atoms with E-state index >= 15 is 0 Å². The van der Waals surface area contributed by atoms with Crippen LogP contribution >= 0.6 is 0 Å². The van der Waals surface area contributed by atoms with Gasteiger partial charge in [-0.2, -0.15) is 0 Å². The number of hydrazine groups is 1. The lowest BCUT2D eigenvalue weighted by atomic mass is 9.98. The highest BCUT2D eigenvalue weighted by Crippen LogP contribution is 2.28. The molecular formula is C16H18F2N2O. The zero-order chi connectivity index (χ0) is 15.4. The molecule has 0 radical (unpaired) electrons. The van der Waals surface area contributed by atoms with Crippen LogP contribution < -0.4 is 16.0 Å². The Morgan fingerprint density at radius 3 is 2.24 bits per heavy atom. The summed E-state index contributed by atoms with van der Waals surface area (Å²) in [6.45, 7) is 3.81. The molecule has 0 spiro atoms. The molecular weight excluding hydrogens is 274 g/mol. The Bertz CT molecular complexity index is 597. The summed E-state index contributed by atoms with van der Waals surface area (Å²) in [5.41, 5.74) is 2.98. The summed E-state index contributed by atoms with van der Waals surface area (Å²) in [6.07, 6.45) is 0.00901. The quantitative estimate of drug-likeness (QED) is 0.656. The van der Waals surface area contributed by atoms with Crippen molar-refractivity contribution in [1.29, 1.82) is 0 Å². The van der Waals surface area contributed by atoms with Gasteiger partial charge in [-0.25, -0.2) is 14.2 Å². The number of hydrogen-bond acceptors (Lipinski definition) is 3. The first-order chi connectivity index (χ1) is 10.0. The van der Waals surface area contributed by atoms with Crippen molar-refractivity contribution in [1.82, 2.24) is 5.43 Å². The predicted molar refractivity (Wildman–Crippen MR) is 77.7 cm³/mol. The summed E-state index contributed by atoms with van der Waals surface area (Å²) < 4.78 is 33.4. The normalized spacial score (nSPS) is 12.5. The van der Waals surface area contributed by atoms with Gasteiger partial charge in [-0.1, -0.05) is 18.2 Å². The van der Waals surface area contributed by atoms with E-state index in [4.69, 9.17) is 10.6 Å². The Morgan fingerprint density at radius 1 is 1.05 bits per heavy atom. The molecule has 2 aromatic rings. The molecule has 2 aromatic carbocycles. The fraction of sp³-hybridized carbons (Fsp3) is 0.250. The molecule has 0 heterocycles. The molecule has 112 valence electrons. The van der Waals surface area contributed by atoms with Gasteiger partial charge in [0.15, 0.2) is 0 Å². The molecule has 3 nitrogen and oxygen atoms in total. The van der Waals surface area contributed by atoms with Crippen LogP contribution in [0.3, 0.4) is 0 Å². The fourth-order valence-electron chi connectivity index (χ4n) is 2.17. The van der Waals surface area contributed by atoms with Gasteiger partial charge < -0.3 is 4.74 Å². The van der Waals surface area contributed by atoms with Crippen molar-refractivity contribution >= 4 is 0 Å². The second-order valence-corrected chi connectivity index (χ2v) is 4.97. The third kappa shape index (κ3) is 3.56. The number of halogens is 2. The first-order valence-corrected chi connectivity index (χ1v) is 6.69. The van der Waals surface area contributed by atoms with E-state index in [0.717, 1.165) is 0 Å². The average molecular weight is 292 g/mol. The lowest BCUT2D eigenvalue weighted by Crippen LogP contribution is -2.30. The second kappa shape index (κ2) is 6.65. The van der Waals surface area contributed by atoms with E-state index in [1.807, 2.05) is 13.8 Å². The summed E-state index contributed by atoms with van der Waals surface area (Å²) in [5.74, 6) is 4.84. The molecule has 1 unspecified atom stereocenters. The molecule has 0 bridgehead atoms. The molecule has 0 saturated carbocycles. The van der Waals surface area contributed by atoms with E-state index in [1.54, 1.807) is 24.3 Å². The van der Waals surface area contributed by atoms with Crippen LogP contribution in [-0.2, 0) is 0 Å². The summed E-state index contributed by atoms with van der Waals surface area (Å²) in [4.78, 5) is 0. The van der Waals surface area contributed by atoms with E-state index < -0.39 is 17.7 Å². The van der Waals surface area contributed by atoms with Gasteiger partial charge >= 0.3 is 0 Å². The average Bonchev–Trinajstić information content (AvgIpc) is 2.42. The fourth-order valence-corrected chi connectivity index (χ4v) is 2.17. The molecule has 2 rings (SSSR count). The highest BCUT2D eigenvalue weighted by Gasteiger charge is 2.21. The van der Waals surface area contributed by atoms with Crippen molar-refractivity contribution < 1.29 is 13.5 Å². The van der Waals surface area contributed by atoms with Crippen LogP contribution in [0.25, 0.3) is 0 Å². The number of benzene rings is 2. The minimum atomic E-state index is -0.790. The van der Waals surface area contributed by atoms with Crippen LogP contribution in [0.15, 0.2) is 42.5 Å². The molecule has 0 aliphatic carbocycles. The standard InChI is InChI=1S/C16H18F2N2O/c1-10(2)21-12-6-3-5-11(9-12)16(20-19)15-13(17)7-4-8-14(15)18/h3-10,16,20H,19H2,1-2H3. The lowest BCUT2D eigenvalue weighted by molar-refractivity contribution is 0.242. The van der Waals surface area contributed by atoms with E-state index in [-0.39, 0.29) is 11.7 Å². The van der Waals surface area contributed by atoms with Crippen LogP contribution in [0, 0.1) is 11.6 Å². The van der Waals surface area contributed by atoms with Crippen molar-refractivity contribution in [3.63, 3.8) is 0 Å². The number of nitrogens with two attached hydrogens (primary N) is 1. The summed E-state index contributed by atoms with van der Waals surface area (Å²) >= 11 is 0. The SMILES string of the molecule is CC(C)Oc1cccc(C(NN)c2c(F)cccc2F)c1. The predicted octanol–water partition coefficient (Wildman–Crippen LogP) is 3.30. The van der Waals surface area contributed by atoms with Gasteiger partial charge in [0.05, 0.1) is 12.1 Å². The molecule has 0 aromatic heterocycles. The first-order valence-electron chi connectivity index (χ1n) is 6.69. The molecule has 21 heavy (non-hydrogen) atoms. The largest absolute Gasteiger partial charge is 0.491 e. The third-order valence-electron chi connectivity index (χ3n) is 3.02. The minimum absolute atomic E-state index is 0.00901. The zero-order valence-electron chi connectivity index (χ0n) is 11.9. The van der Waals surface area contributed by atoms with Crippen LogP contribution in [0.4, 0.5) is 8.78 Å². The maximum atomic E-state index is 13.9. The number of hydrogen-bond donors (Lipinski definition) is 2. The molecule has 0 aliphatic heterocycles. The number of ether oxygens (including phenoxy) is 1. The molecule has 3 N–H and O–H groups in total. The van der Waals surface area contributed by atoms with Crippen LogP contribution in [0.1, 0.15) is 31.0 Å². The monoisotopic (exact) mass is 292 g/mol. The van der Waals surface area contributed by atoms with Crippen molar-refractivity contribution in [3.05, 3.63) is 65.2 Å². The Hall–Kier alpha value is -1.98. The van der Waals surface area contributed by atoms with E-state index in [0.29, 0.717) is 11.3 Å². The van der Waals surface area contributed by atoms with E-state index in [2.05, 4.69) is 5.43 Å². The van der Waals surface area contributed by atoms with Crippen molar-refractivity contribution in [2.45, 2.75) is 26.0 Å². The van der Waals surface area contributed by atoms with Gasteiger partial charge in [-0.05, 0) is 43.7 Å². The van der Waals surface area contributed by atoms with Gasteiger partial charge in [-0.3, -0.25) is 5.84 Å². The van der Waals surface area contributed by atoms with Crippen molar-refractivity contribution in [2.75, 3.05) is 0 Å². The highest BCUT2D eigenvalue weighted by molar-refractivity contribution is 5.37. The van der Waals surface area contributed by atoms with E-state index in [1.165, 1.54) is 18.2 Å². The molecule has 5 heteroatoms.